The van der Waals surface area contributed by atoms with E-state index >= 15 is 0 Å². The summed E-state index contributed by atoms with van der Waals surface area (Å²) in [4.78, 5) is 21.7. The van der Waals surface area contributed by atoms with Gasteiger partial charge >= 0.3 is 0 Å². The van der Waals surface area contributed by atoms with Gasteiger partial charge in [-0.1, -0.05) is 0 Å². The molecule has 2 aromatic heterocycles. The number of aliphatic hydroxyl groups is 2. The van der Waals surface area contributed by atoms with Crippen molar-refractivity contribution in [1.82, 2.24) is 18.8 Å². The number of hydrogen-bond acceptors (Lipinski definition) is 8. The van der Waals surface area contributed by atoms with Gasteiger partial charge in [-0.25, -0.2) is 17.7 Å². The van der Waals surface area contributed by atoms with Gasteiger partial charge in [0.05, 0.1) is 23.0 Å². The molecule has 4 rings (SSSR count). The Labute approximate surface area is 193 Å². The second-order valence-corrected chi connectivity index (χ2v) is 12.1. The molecule has 33 heavy (non-hydrogen) atoms. The minimum absolute atomic E-state index is 0.0190. The van der Waals surface area contributed by atoms with Crippen LogP contribution >= 0.6 is 0 Å². The molecular weight excluding hydrogens is 446 g/mol. The summed E-state index contributed by atoms with van der Waals surface area (Å²) in [6.07, 6.45) is 4.98. The van der Waals surface area contributed by atoms with E-state index in [2.05, 4.69) is 15.3 Å². The molecule has 11 heteroatoms. The zero-order valence-corrected chi connectivity index (χ0v) is 20.2. The van der Waals surface area contributed by atoms with E-state index in [1.165, 1.54) is 24.2 Å². The highest BCUT2D eigenvalue weighted by Gasteiger charge is 2.39. The fourth-order valence-electron chi connectivity index (χ4n) is 4.95. The van der Waals surface area contributed by atoms with E-state index in [0.717, 1.165) is 11.8 Å². The van der Waals surface area contributed by atoms with Crippen molar-refractivity contribution in [2.45, 2.75) is 76.2 Å². The first-order chi connectivity index (χ1) is 15.4. The lowest BCUT2D eigenvalue weighted by molar-refractivity contribution is 0.0266. The largest absolute Gasteiger partial charge is 0.389 e. The number of fused-ring (bicyclic) bond motifs is 1. The molecule has 0 amide bonds. The molecule has 0 aromatic carbocycles. The molecule has 3 heterocycles. The summed E-state index contributed by atoms with van der Waals surface area (Å²) in [6.45, 7) is 5.43. The lowest BCUT2D eigenvalue weighted by Gasteiger charge is -2.33. The Kier molecular flexibility index (Phi) is 6.27. The van der Waals surface area contributed by atoms with Gasteiger partial charge in [-0.3, -0.25) is 9.36 Å². The Morgan fingerprint density at radius 2 is 1.94 bits per heavy atom. The van der Waals surface area contributed by atoms with Gasteiger partial charge in [-0.2, -0.15) is 4.98 Å². The minimum Gasteiger partial charge on any atom is -0.389 e. The third kappa shape index (κ3) is 5.21. The van der Waals surface area contributed by atoms with Crippen molar-refractivity contribution in [3.05, 3.63) is 28.7 Å². The van der Waals surface area contributed by atoms with Crippen LogP contribution in [-0.4, -0.2) is 73.6 Å². The maximum absolute atomic E-state index is 12.7. The van der Waals surface area contributed by atoms with Gasteiger partial charge in [0.1, 0.15) is 5.65 Å². The first-order valence-corrected chi connectivity index (χ1v) is 13.0. The molecule has 2 atom stereocenters. The molecule has 1 saturated heterocycles. The number of aromatic nitrogens is 3. The third-order valence-electron chi connectivity index (χ3n) is 6.57. The molecule has 3 N–H and O–H groups in total. The Morgan fingerprint density at radius 3 is 2.55 bits per heavy atom. The first kappa shape index (κ1) is 24.1. The van der Waals surface area contributed by atoms with E-state index in [0.29, 0.717) is 50.4 Å². The summed E-state index contributed by atoms with van der Waals surface area (Å²) in [5.74, 6) is 0.0613. The maximum atomic E-state index is 12.7. The quantitative estimate of drug-likeness (QED) is 0.563. The highest BCUT2D eigenvalue weighted by atomic mass is 32.2. The van der Waals surface area contributed by atoms with Crippen LogP contribution in [0.4, 0.5) is 5.95 Å². The van der Waals surface area contributed by atoms with Crippen LogP contribution in [0.25, 0.3) is 11.0 Å². The van der Waals surface area contributed by atoms with Gasteiger partial charge in [-0.05, 0) is 58.9 Å². The summed E-state index contributed by atoms with van der Waals surface area (Å²) >= 11 is 0. The van der Waals surface area contributed by atoms with E-state index in [1.54, 1.807) is 23.8 Å². The molecule has 0 radical (unpaired) electrons. The highest BCUT2D eigenvalue weighted by molar-refractivity contribution is 7.89. The lowest BCUT2D eigenvalue weighted by atomic mass is 10.00. The highest BCUT2D eigenvalue weighted by Crippen LogP contribution is 2.39. The zero-order valence-electron chi connectivity index (χ0n) is 19.4. The molecule has 1 saturated carbocycles. The molecule has 10 nitrogen and oxygen atoms in total. The van der Waals surface area contributed by atoms with Gasteiger partial charge in [-0.15, -0.1) is 0 Å². The van der Waals surface area contributed by atoms with Crippen molar-refractivity contribution in [2.24, 2.45) is 0 Å². The van der Waals surface area contributed by atoms with Crippen molar-refractivity contribution in [2.75, 3.05) is 24.2 Å². The Morgan fingerprint density at radius 1 is 1.24 bits per heavy atom. The summed E-state index contributed by atoms with van der Waals surface area (Å²) in [5, 5.41) is 24.7. The number of sulfonamides is 1. The fourth-order valence-corrected chi connectivity index (χ4v) is 6.79. The van der Waals surface area contributed by atoms with E-state index in [9.17, 15) is 23.4 Å². The van der Waals surface area contributed by atoms with Crippen molar-refractivity contribution < 1.29 is 18.6 Å². The maximum Gasteiger partial charge on any atom is 0.252 e. The zero-order chi connectivity index (χ0) is 24.0. The summed E-state index contributed by atoms with van der Waals surface area (Å²) < 4.78 is 28.1. The van der Waals surface area contributed by atoms with Crippen LogP contribution in [0.2, 0.25) is 0 Å². The second-order valence-electron chi connectivity index (χ2n) is 10.2. The Hall–Kier alpha value is -2.08. The summed E-state index contributed by atoms with van der Waals surface area (Å²) in [7, 11) is -3.53. The molecule has 0 bridgehead atoms. The second kappa shape index (κ2) is 8.61. The molecule has 182 valence electrons. The van der Waals surface area contributed by atoms with E-state index < -0.39 is 21.2 Å². The molecule has 2 aliphatic rings. The van der Waals surface area contributed by atoms with Gasteiger partial charge < -0.3 is 15.5 Å². The van der Waals surface area contributed by atoms with E-state index in [-0.39, 0.29) is 23.4 Å². The number of nitrogens with one attached hydrogen (secondary N) is 1. The van der Waals surface area contributed by atoms with Crippen LogP contribution < -0.4 is 10.9 Å². The number of piperidine rings is 1. The molecule has 1 aliphatic carbocycles. The monoisotopic (exact) mass is 479 g/mol. The number of hydrogen-bond donors (Lipinski definition) is 3. The molecule has 2 fully saturated rings. The first-order valence-electron chi connectivity index (χ1n) is 11.4. The average Bonchev–Trinajstić information content (AvgIpc) is 3.05. The van der Waals surface area contributed by atoms with Crippen LogP contribution in [0, 0.1) is 0 Å². The number of anilines is 1. The van der Waals surface area contributed by atoms with Crippen LogP contribution in [-0.2, 0) is 10.0 Å². The Balaban J connectivity index is 1.52. The SMILES string of the molecule is CC(C)(O)CS(=O)(=O)N1CCC(Nc2ncc3ccc(=O)n([C@@H]4CCC[C@@]4(C)O)c3n2)CC1. The molecule has 1 aliphatic heterocycles. The standard InChI is InChI=1S/C22H33N5O5S/c1-21(2,29)14-33(31,32)26-11-8-16(9-12-26)24-20-23-13-15-6-7-18(28)27(19(15)25-20)17-5-4-10-22(17,3)30/h6-7,13,16-17,29-30H,4-5,8-12,14H2,1-3H3,(H,23,24,25)/t17-,22-/m1/s1. The van der Waals surface area contributed by atoms with Crippen LogP contribution in [0.1, 0.15) is 58.9 Å². The van der Waals surface area contributed by atoms with E-state index in [1.807, 2.05) is 0 Å². The molecule has 0 spiro atoms. The van der Waals surface area contributed by atoms with Gasteiger partial charge in [0.25, 0.3) is 5.56 Å². The number of pyridine rings is 1. The molecular formula is C22H33N5O5S. The van der Waals surface area contributed by atoms with E-state index in [4.69, 9.17) is 0 Å². The number of rotatable bonds is 6. The summed E-state index contributed by atoms with van der Waals surface area (Å²) in [5.41, 5.74) is -1.98. The molecule has 0 unspecified atom stereocenters. The van der Waals surface area contributed by atoms with Crippen molar-refractivity contribution in [1.29, 1.82) is 0 Å². The average molecular weight is 480 g/mol. The molecule has 2 aromatic rings. The Bertz CT molecular complexity index is 1180. The van der Waals surface area contributed by atoms with Gasteiger partial charge in [0, 0.05) is 36.8 Å². The smallest absolute Gasteiger partial charge is 0.252 e. The van der Waals surface area contributed by atoms with Crippen LogP contribution in [0.15, 0.2) is 23.1 Å². The minimum atomic E-state index is -3.53. The van der Waals surface area contributed by atoms with Crippen molar-refractivity contribution >= 4 is 27.0 Å². The van der Waals surface area contributed by atoms with Gasteiger partial charge in [0.15, 0.2) is 0 Å². The van der Waals surface area contributed by atoms with Crippen molar-refractivity contribution in [3.8, 4) is 0 Å². The van der Waals surface area contributed by atoms with Crippen LogP contribution in [0.5, 0.6) is 0 Å². The third-order valence-corrected chi connectivity index (χ3v) is 8.80. The predicted molar refractivity (Wildman–Crippen MR) is 126 cm³/mol. The van der Waals surface area contributed by atoms with Gasteiger partial charge in [0.2, 0.25) is 16.0 Å². The topological polar surface area (TPSA) is 138 Å². The summed E-state index contributed by atoms with van der Waals surface area (Å²) in [6, 6.07) is 2.81. The van der Waals surface area contributed by atoms with Crippen molar-refractivity contribution in [3.63, 3.8) is 0 Å². The van der Waals surface area contributed by atoms with Crippen LogP contribution in [0.3, 0.4) is 0 Å². The lowest BCUT2D eigenvalue weighted by Crippen LogP contribution is -2.46. The number of nitrogens with zero attached hydrogens (tertiary/aromatic N) is 4. The predicted octanol–water partition coefficient (Wildman–Crippen LogP) is 1.24. The fraction of sp³-hybridized carbons (Fsp3) is 0.682. The normalized spacial score (nSPS) is 25.5.